The molecule has 74 valence electrons. The van der Waals surface area contributed by atoms with Gasteiger partial charge in [0.2, 0.25) is 0 Å². The van der Waals surface area contributed by atoms with Crippen molar-refractivity contribution in [2.75, 3.05) is 19.1 Å². The minimum atomic E-state index is -0.129. The summed E-state index contributed by atoms with van der Waals surface area (Å²) in [5.41, 5.74) is 0.845. The molecule has 6 nitrogen and oxygen atoms in total. The van der Waals surface area contributed by atoms with Gasteiger partial charge in [0.1, 0.15) is 6.33 Å². The highest BCUT2D eigenvalue weighted by atomic mass is 16.1. The number of hydrogen-bond acceptors (Lipinski definition) is 4. The summed E-state index contributed by atoms with van der Waals surface area (Å²) < 4.78 is 3.13. The highest BCUT2D eigenvalue weighted by Crippen LogP contribution is 2.02. The number of fused-ring (bicyclic) bond motifs is 1. The molecule has 0 amide bonds. The summed E-state index contributed by atoms with van der Waals surface area (Å²) >= 11 is 0. The van der Waals surface area contributed by atoms with Gasteiger partial charge in [-0.1, -0.05) is 0 Å². The first-order chi connectivity index (χ1) is 6.61. The molecule has 0 aliphatic carbocycles. The normalized spacial score (nSPS) is 10.8. The van der Waals surface area contributed by atoms with E-state index < -0.39 is 0 Å². The third kappa shape index (κ3) is 1.07. The van der Waals surface area contributed by atoms with Crippen LogP contribution < -0.4 is 10.6 Å². The van der Waals surface area contributed by atoms with Gasteiger partial charge in [0.05, 0.1) is 6.33 Å². The first kappa shape index (κ1) is 8.74. The average Bonchev–Trinajstić information content (AvgIpc) is 2.55. The van der Waals surface area contributed by atoms with Crippen LogP contribution >= 0.6 is 0 Å². The number of aryl methyl sites for hydroxylation is 1. The van der Waals surface area contributed by atoms with Gasteiger partial charge in [-0.15, -0.1) is 0 Å². The molecular weight excluding hydrogens is 182 g/mol. The largest absolute Gasteiger partial charge is 0.316 e. The molecule has 6 heteroatoms. The van der Waals surface area contributed by atoms with Crippen LogP contribution in [0.5, 0.6) is 0 Å². The summed E-state index contributed by atoms with van der Waals surface area (Å²) in [5.74, 6) is 0. The molecule has 0 saturated heterocycles. The van der Waals surface area contributed by atoms with Crippen LogP contribution in [0.25, 0.3) is 11.2 Å². The predicted octanol–water partition coefficient (Wildman–Crippen LogP) is -0.672. The maximum absolute atomic E-state index is 11.6. The highest BCUT2D eigenvalue weighted by molar-refractivity contribution is 5.69. The first-order valence-corrected chi connectivity index (χ1v) is 4.17. The Hall–Kier alpha value is -1.85. The molecule has 0 radical (unpaired) electrons. The summed E-state index contributed by atoms with van der Waals surface area (Å²) in [4.78, 5) is 19.8. The van der Waals surface area contributed by atoms with Crippen LogP contribution in [0.2, 0.25) is 0 Å². The summed E-state index contributed by atoms with van der Waals surface area (Å²) in [6.07, 6.45) is 3.07. The lowest BCUT2D eigenvalue weighted by Gasteiger charge is -2.13. The van der Waals surface area contributed by atoms with E-state index in [-0.39, 0.29) is 5.56 Å². The molecule has 0 aromatic carbocycles. The van der Waals surface area contributed by atoms with Crippen molar-refractivity contribution in [1.82, 2.24) is 19.2 Å². The van der Waals surface area contributed by atoms with Crippen molar-refractivity contribution in [3.63, 3.8) is 0 Å². The topological polar surface area (TPSA) is 56.0 Å². The van der Waals surface area contributed by atoms with Crippen molar-refractivity contribution in [3.05, 3.63) is 23.0 Å². The lowest BCUT2D eigenvalue weighted by Crippen LogP contribution is -2.25. The molecule has 0 aliphatic heterocycles. The van der Waals surface area contributed by atoms with E-state index in [1.165, 1.54) is 10.9 Å². The second-order valence-corrected chi connectivity index (χ2v) is 3.27. The maximum Gasteiger partial charge on any atom is 0.281 e. The lowest BCUT2D eigenvalue weighted by molar-refractivity contribution is 0.740. The third-order valence-electron chi connectivity index (χ3n) is 2.03. The van der Waals surface area contributed by atoms with Crippen LogP contribution in [-0.4, -0.2) is 33.3 Å². The number of imidazole rings is 1. The maximum atomic E-state index is 11.6. The molecule has 0 fully saturated rings. The van der Waals surface area contributed by atoms with Crippen LogP contribution in [0.3, 0.4) is 0 Å². The van der Waals surface area contributed by atoms with Crippen LogP contribution in [0.15, 0.2) is 17.4 Å². The molecule has 0 spiro atoms. The fourth-order valence-corrected chi connectivity index (χ4v) is 1.26. The van der Waals surface area contributed by atoms with E-state index in [9.17, 15) is 4.79 Å². The minimum Gasteiger partial charge on any atom is -0.316 e. The third-order valence-corrected chi connectivity index (χ3v) is 2.03. The Morgan fingerprint density at radius 3 is 2.64 bits per heavy atom. The van der Waals surface area contributed by atoms with E-state index in [2.05, 4.69) is 9.97 Å². The first-order valence-electron chi connectivity index (χ1n) is 4.17. The predicted molar refractivity (Wildman–Crippen MR) is 52.8 cm³/mol. The molecule has 0 N–H and O–H groups in total. The second kappa shape index (κ2) is 2.83. The van der Waals surface area contributed by atoms with Gasteiger partial charge in [-0.25, -0.2) is 14.6 Å². The Balaban J connectivity index is 2.84. The molecule has 2 rings (SSSR count). The molecule has 2 heterocycles. The van der Waals surface area contributed by atoms with Crippen molar-refractivity contribution < 1.29 is 0 Å². The van der Waals surface area contributed by atoms with E-state index in [1.807, 2.05) is 19.1 Å². The van der Waals surface area contributed by atoms with Crippen molar-refractivity contribution in [2.45, 2.75) is 0 Å². The van der Waals surface area contributed by atoms with Gasteiger partial charge in [0, 0.05) is 21.1 Å². The fourth-order valence-electron chi connectivity index (χ4n) is 1.26. The Kier molecular flexibility index (Phi) is 1.77. The quantitative estimate of drug-likeness (QED) is 0.602. The van der Waals surface area contributed by atoms with Gasteiger partial charge in [-0.05, 0) is 0 Å². The van der Waals surface area contributed by atoms with Gasteiger partial charge < -0.3 is 9.58 Å². The molecular formula is C8H11N5O. The molecule has 2 aromatic rings. The molecule has 14 heavy (non-hydrogen) atoms. The monoisotopic (exact) mass is 193 g/mol. The Bertz CT molecular complexity index is 524. The number of nitrogens with zero attached hydrogens (tertiary/aromatic N) is 5. The summed E-state index contributed by atoms with van der Waals surface area (Å²) in [6, 6.07) is 0. The van der Waals surface area contributed by atoms with Gasteiger partial charge in [-0.2, -0.15) is 0 Å². The highest BCUT2D eigenvalue weighted by Gasteiger charge is 2.08. The van der Waals surface area contributed by atoms with Crippen LogP contribution in [-0.2, 0) is 7.05 Å². The lowest BCUT2D eigenvalue weighted by atomic mass is 10.5. The summed E-state index contributed by atoms with van der Waals surface area (Å²) in [6.45, 7) is 0. The van der Waals surface area contributed by atoms with E-state index >= 15 is 0 Å². The van der Waals surface area contributed by atoms with Crippen molar-refractivity contribution in [1.29, 1.82) is 0 Å². The fraction of sp³-hybridized carbons (Fsp3) is 0.375. The summed E-state index contributed by atoms with van der Waals surface area (Å²) in [5, 5.41) is 1.81. The van der Waals surface area contributed by atoms with Crippen molar-refractivity contribution >= 4 is 11.2 Å². The van der Waals surface area contributed by atoms with Crippen molar-refractivity contribution in [3.8, 4) is 0 Å². The van der Waals surface area contributed by atoms with Gasteiger partial charge in [0.25, 0.3) is 5.56 Å². The summed E-state index contributed by atoms with van der Waals surface area (Å²) in [7, 11) is 5.38. The number of aromatic nitrogens is 4. The zero-order valence-electron chi connectivity index (χ0n) is 8.30. The zero-order valence-corrected chi connectivity index (χ0v) is 8.30. The Morgan fingerprint density at radius 1 is 1.29 bits per heavy atom. The molecule has 2 aromatic heterocycles. The minimum absolute atomic E-state index is 0.129. The van der Waals surface area contributed by atoms with E-state index in [0.717, 1.165) is 0 Å². The zero-order chi connectivity index (χ0) is 10.3. The Labute approximate surface area is 80.4 Å². The van der Waals surface area contributed by atoms with Gasteiger partial charge in [0.15, 0.2) is 11.2 Å². The average molecular weight is 193 g/mol. The van der Waals surface area contributed by atoms with Crippen LogP contribution in [0, 0.1) is 0 Å². The molecule has 0 saturated carbocycles. The number of hydrogen-bond donors (Lipinski definition) is 0. The second-order valence-electron chi connectivity index (χ2n) is 3.27. The molecule has 0 aliphatic rings. The molecule has 0 bridgehead atoms. The molecule has 0 unspecified atom stereocenters. The van der Waals surface area contributed by atoms with Crippen molar-refractivity contribution in [2.24, 2.45) is 7.05 Å². The Morgan fingerprint density at radius 2 is 2.00 bits per heavy atom. The SMILES string of the molecule is CN(C)n1cnc2c(=O)n(C)cnc21. The van der Waals surface area contributed by atoms with Gasteiger partial charge in [-0.3, -0.25) is 4.79 Å². The van der Waals surface area contributed by atoms with E-state index in [4.69, 9.17) is 0 Å². The van der Waals surface area contributed by atoms with Crippen LogP contribution in [0.4, 0.5) is 0 Å². The standard InChI is InChI=1S/C8H11N5O/c1-11(2)13-5-9-6-7(13)10-4-12(3)8(6)14/h4-5H,1-3H3. The number of rotatable bonds is 1. The smallest absolute Gasteiger partial charge is 0.281 e. The van der Waals surface area contributed by atoms with Crippen LogP contribution in [0.1, 0.15) is 0 Å². The van der Waals surface area contributed by atoms with E-state index in [1.54, 1.807) is 18.1 Å². The van der Waals surface area contributed by atoms with E-state index in [0.29, 0.717) is 11.2 Å². The molecule has 0 atom stereocenters. The van der Waals surface area contributed by atoms with Gasteiger partial charge >= 0.3 is 0 Å².